The first-order chi connectivity index (χ1) is 7.40. The molecule has 0 atom stereocenters. The molecule has 1 aliphatic rings. The van der Waals surface area contributed by atoms with Gasteiger partial charge in [-0.15, -0.1) is 11.3 Å². The molecule has 0 saturated heterocycles. The molecule has 1 N–H and O–H groups in total. The van der Waals surface area contributed by atoms with Crippen LogP contribution < -0.4 is 5.32 Å². The third-order valence-electron chi connectivity index (χ3n) is 2.29. The molecule has 1 saturated carbocycles. The van der Waals surface area contributed by atoms with Crippen LogP contribution in [0.1, 0.15) is 23.5 Å². The Morgan fingerprint density at radius 3 is 3.20 bits per heavy atom. The minimum atomic E-state index is 0.556. The largest absolute Gasteiger partial charge is 0.335 e. The van der Waals surface area contributed by atoms with E-state index in [9.17, 15) is 0 Å². The second-order valence-corrected chi connectivity index (χ2v) is 4.72. The number of nitrogens with zero attached hydrogens (tertiary/aromatic N) is 2. The maximum atomic E-state index is 5.10. The minimum Gasteiger partial charge on any atom is -0.335 e. The summed E-state index contributed by atoms with van der Waals surface area (Å²) in [6, 6.07) is 5.22. The Balaban J connectivity index is 1.67. The van der Waals surface area contributed by atoms with E-state index >= 15 is 0 Å². The number of anilines is 1. The van der Waals surface area contributed by atoms with Crippen LogP contribution in [0.2, 0.25) is 0 Å². The summed E-state index contributed by atoms with van der Waals surface area (Å²) in [5, 5.41) is 9.16. The molecule has 0 spiro atoms. The van der Waals surface area contributed by atoms with Crippen molar-refractivity contribution in [2.45, 2.75) is 25.3 Å². The van der Waals surface area contributed by atoms with E-state index in [0.29, 0.717) is 12.1 Å². The van der Waals surface area contributed by atoms with Crippen molar-refractivity contribution >= 4 is 17.4 Å². The van der Waals surface area contributed by atoms with Crippen molar-refractivity contribution in [2.24, 2.45) is 0 Å². The average Bonchev–Trinajstić information content (AvgIpc) is 2.74. The molecule has 4 nitrogen and oxygen atoms in total. The summed E-state index contributed by atoms with van der Waals surface area (Å²) in [4.78, 5) is 5.54. The highest BCUT2D eigenvalue weighted by Gasteiger charge is 2.23. The summed E-state index contributed by atoms with van der Waals surface area (Å²) < 4.78 is 5.10. The molecule has 0 aliphatic heterocycles. The van der Waals surface area contributed by atoms with Gasteiger partial charge in [-0.05, 0) is 24.3 Å². The zero-order valence-corrected chi connectivity index (χ0v) is 8.96. The van der Waals surface area contributed by atoms with Gasteiger partial charge in [0.1, 0.15) is 0 Å². The lowest BCUT2D eigenvalue weighted by Crippen LogP contribution is -2.00. The fraction of sp³-hybridized carbons (Fsp3) is 0.400. The van der Waals surface area contributed by atoms with Gasteiger partial charge in [0.05, 0.1) is 0 Å². The molecule has 2 aromatic heterocycles. The molecular weight excluding hydrogens is 210 g/mol. The van der Waals surface area contributed by atoms with E-state index in [4.69, 9.17) is 4.52 Å². The Bertz CT molecular complexity index is 433. The molecule has 1 fully saturated rings. The van der Waals surface area contributed by atoms with E-state index in [2.05, 4.69) is 26.9 Å². The highest BCUT2D eigenvalue weighted by molar-refractivity contribution is 7.09. The van der Waals surface area contributed by atoms with Crippen molar-refractivity contribution in [3.05, 3.63) is 28.2 Å². The third-order valence-corrected chi connectivity index (χ3v) is 3.16. The van der Waals surface area contributed by atoms with Gasteiger partial charge < -0.3 is 9.84 Å². The number of nitrogens with one attached hydrogen (secondary N) is 1. The molecule has 78 valence electrons. The molecular formula is C10H11N3OS. The summed E-state index contributed by atoms with van der Waals surface area (Å²) in [6.07, 6.45) is 3.18. The van der Waals surface area contributed by atoms with Crippen LogP contribution in [0, 0.1) is 0 Å². The molecule has 0 bridgehead atoms. The smallest absolute Gasteiger partial charge is 0.321 e. The second kappa shape index (κ2) is 3.66. The average molecular weight is 221 g/mol. The summed E-state index contributed by atoms with van der Waals surface area (Å²) >= 11 is 1.71. The van der Waals surface area contributed by atoms with E-state index in [1.165, 1.54) is 17.7 Å². The Morgan fingerprint density at radius 1 is 1.53 bits per heavy atom. The van der Waals surface area contributed by atoms with Gasteiger partial charge in [-0.3, -0.25) is 0 Å². The van der Waals surface area contributed by atoms with Crippen molar-refractivity contribution in [3.63, 3.8) is 0 Å². The standard InChI is InChI=1S/C10H11N3OS/c1-2-8(15-5-1)6-9-12-10(14-13-9)11-7-3-4-7/h1-2,5,7H,3-4,6H2,(H,11,12,13). The maximum absolute atomic E-state index is 5.10. The molecule has 1 aliphatic carbocycles. The summed E-state index contributed by atoms with van der Waals surface area (Å²) in [7, 11) is 0. The Hall–Kier alpha value is -1.36. The summed E-state index contributed by atoms with van der Waals surface area (Å²) in [6.45, 7) is 0. The molecule has 0 amide bonds. The van der Waals surface area contributed by atoms with Gasteiger partial charge in [-0.25, -0.2) is 0 Å². The number of rotatable bonds is 4. The Kier molecular flexibility index (Phi) is 2.17. The molecule has 3 rings (SSSR count). The molecule has 2 heterocycles. The lowest BCUT2D eigenvalue weighted by Gasteiger charge is -1.92. The first-order valence-electron chi connectivity index (χ1n) is 5.01. The quantitative estimate of drug-likeness (QED) is 0.860. The van der Waals surface area contributed by atoms with Crippen molar-refractivity contribution in [1.82, 2.24) is 10.1 Å². The normalized spacial score (nSPS) is 15.5. The van der Waals surface area contributed by atoms with Gasteiger partial charge in [0.2, 0.25) is 0 Å². The molecule has 0 aromatic carbocycles. The van der Waals surface area contributed by atoms with Crippen LogP contribution in [0.4, 0.5) is 6.01 Å². The summed E-state index contributed by atoms with van der Waals surface area (Å²) in [5.74, 6) is 0.751. The number of thiophene rings is 1. The first-order valence-corrected chi connectivity index (χ1v) is 5.89. The van der Waals surface area contributed by atoms with Gasteiger partial charge in [-0.1, -0.05) is 11.2 Å². The third kappa shape index (κ3) is 2.18. The topological polar surface area (TPSA) is 51.0 Å². The molecule has 5 heteroatoms. The highest BCUT2D eigenvalue weighted by atomic mass is 32.1. The fourth-order valence-corrected chi connectivity index (χ4v) is 2.06. The van der Waals surface area contributed by atoms with Crippen molar-refractivity contribution in [2.75, 3.05) is 5.32 Å². The predicted octanol–water partition coefficient (Wildman–Crippen LogP) is 2.30. The molecule has 2 aromatic rings. The number of hydrogen-bond acceptors (Lipinski definition) is 5. The van der Waals surface area contributed by atoms with Crippen LogP contribution in [0.25, 0.3) is 0 Å². The second-order valence-electron chi connectivity index (χ2n) is 3.69. The zero-order valence-electron chi connectivity index (χ0n) is 8.14. The fourth-order valence-electron chi connectivity index (χ4n) is 1.36. The van der Waals surface area contributed by atoms with Crippen LogP contribution in [0.15, 0.2) is 22.0 Å². The van der Waals surface area contributed by atoms with Gasteiger partial charge in [0.25, 0.3) is 0 Å². The van der Waals surface area contributed by atoms with Gasteiger partial charge in [-0.2, -0.15) is 4.98 Å². The van der Waals surface area contributed by atoms with E-state index < -0.39 is 0 Å². The number of aromatic nitrogens is 2. The lowest BCUT2D eigenvalue weighted by atomic mass is 10.3. The van der Waals surface area contributed by atoms with E-state index in [-0.39, 0.29) is 0 Å². The maximum Gasteiger partial charge on any atom is 0.321 e. The number of hydrogen-bond donors (Lipinski definition) is 1. The molecule has 0 unspecified atom stereocenters. The van der Waals surface area contributed by atoms with E-state index in [0.717, 1.165) is 12.2 Å². The van der Waals surface area contributed by atoms with Crippen LogP contribution >= 0.6 is 11.3 Å². The van der Waals surface area contributed by atoms with Crippen molar-refractivity contribution in [3.8, 4) is 0 Å². The van der Waals surface area contributed by atoms with Crippen LogP contribution in [0.5, 0.6) is 0 Å². The van der Waals surface area contributed by atoms with Crippen LogP contribution in [-0.2, 0) is 6.42 Å². The van der Waals surface area contributed by atoms with E-state index in [1.807, 2.05) is 6.07 Å². The summed E-state index contributed by atoms with van der Waals surface area (Å²) in [5.41, 5.74) is 0. The molecule has 0 radical (unpaired) electrons. The van der Waals surface area contributed by atoms with Crippen molar-refractivity contribution < 1.29 is 4.52 Å². The lowest BCUT2D eigenvalue weighted by molar-refractivity contribution is 0.423. The van der Waals surface area contributed by atoms with Crippen LogP contribution in [0.3, 0.4) is 0 Å². The Labute approximate surface area is 91.3 Å². The highest BCUT2D eigenvalue weighted by Crippen LogP contribution is 2.23. The van der Waals surface area contributed by atoms with E-state index in [1.54, 1.807) is 11.3 Å². The SMILES string of the molecule is c1csc(Cc2noc(NC3CC3)n2)c1. The van der Waals surface area contributed by atoms with Crippen molar-refractivity contribution in [1.29, 1.82) is 0 Å². The monoisotopic (exact) mass is 221 g/mol. The Morgan fingerprint density at radius 2 is 2.47 bits per heavy atom. The predicted molar refractivity (Wildman–Crippen MR) is 58.1 cm³/mol. The van der Waals surface area contributed by atoms with Gasteiger partial charge in [0.15, 0.2) is 5.82 Å². The first kappa shape index (κ1) is 8.91. The zero-order chi connectivity index (χ0) is 10.1. The minimum absolute atomic E-state index is 0.556. The van der Waals surface area contributed by atoms with Gasteiger partial charge in [0, 0.05) is 17.3 Å². The van der Waals surface area contributed by atoms with Gasteiger partial charge >= 0.3 is 6.01 Å². The van der Waals surface area contributed by atoms with Crippen LogP contribution in [-0.4, -0.2) is 16.2 Å². The molecule has 15 heavy (non-hydrogen) atoms.